The summed E-state index contributed by atoms with van der Waals surface area (Å²) in [6.45, 7) is -0.816. The average Bonchev–Trinajstić information content (AvgIpc) is 3.31. The van der Waals surface area contributed by atoms with Crippen LogP contribution in [0.1, 0.15) is 59.0 Å². The van der Waals surface area contributed by atoms with Crippen molar-refractivity contribution in [3.05, 3.63) is 93.6 Å². The molecule has 0 aliphatic heterocycles. The Balaban J connectivity index is 0.00000294. The molecule has 208 valence electrons. The first kappa shape index (κ1) is 31.5. The monoisotopic (exact) mass is 585 g/mol. The van der Waals surface area contributed by atoms with E-state index in [4.69, 9.17) is 4.74 Å². The summed E-state index contributed by atoms with van der Waals surface area (Å²) in [6.07, 6.45) is -8.42. The van der Waals surface area contributed by atoms with E-state index in [0.29, 0.717) is 24.6 Å². The van der Waals surface area contributed by atoms with E-state index in [1.807, 2.05) is 0 Å². The third kappa shape index (κ3) is 6.64. The second-order valence-electron chi connectivity index (χ2n) is 8.58. The number of benzene rings is 2. The Morgan fingerprint density at radius 2 is 1.55 bits per heavy atom. The standard InChI is InChI=1S/C26H16F9NO3.Na.H/c27-14-8-20(28)19(21(29)9-14)11-39-22-5-4-13(25(30,31)32)7-17(22)16-3-1-2-15(16)12-6-18(24(37)38)23(36-10-12)26(33,34)35;;/h4-10H,1-3,11H2,(H,37,38);;/q;+1;-1. The second kappa shape index (κ2) is 11.8. The third-order valence-corrected chi connectivity index (χ3v) is 6.06. The van der Waals surface area contributed by atoms with E-state index in [9.17, 15) is 49.4 Å². The summed E-state index contributed by atoms with van der Waals surface area (Å²) in [5, 5.41) is 9.30. The van der Waals surface area contributed by atoms with Crippen molar-refractivity contribution in [2.75, 3.05) is 0 Å². The fourth-order valence-electron chi connectivity index (χ4n) is 4.31. The number of aromatic carboxylic acids is 1. The minimum absolute atomic E-state index is 0. The van der Waals surface area contributed by atoms with Crippen molar-refractivity contribution in [3.63, 3.8) is 0 Å². The maximum atomic E-state index is 14.1. The Labute approximate surface area is 244 Å². The Morgan fingerprint density at radius 3 is 2.12 bits per heavy atom. The van der Waals surface area contributed by atoms with E-state index in [0.717, 1.165) is 24.4 Å². The van der Waals surface area contributed by atoms with Crippen molar-refractivity contribution >= 4 is 17.1 Å². The van der Waals surface area contributed by atoms with Crippen molar-refractivity contribution < 1.29 is 85.1 Å². The fraction of sp³-hybridized carbons (Fsp3) is 0.231. The number of aromatic nitrogens is 1. The molecule has 2 aromatic carbocycles. The van der Waals surface area contributed by atoms with E-state index in [1.54, 1.807) is 0 Å². The van der Waals surface area contributed by atoms with Crippen LogP contribution in [-0.4, -0.2) is 16.1 Å². The Bertz CT molecular complexity index is 1470. The predicted octanol–water partition coefficient (Wildman–Crippen LogP) is 5.02. The first-order chi connectivity index (χ1) is 18.2. The number of alkyl halides is 6. The van der Waals surface area contributed by atoms with Crippen LogP contribution >= 0.6 is 0 Å². The topological polar surface area (TPSA) is 59.4 Å². The molecule has 0 spiro atoms. The van der Waals surface area contributed by atoms with E-state index in [2.05, 4.69) is 4.98 Å². The molecule has 0 unspecified atom stereocenters. The second-order valence-corrected chi connectivity index (χ2v) is 8.58. The van der Waals surface area contributed by atoms with Gasteiger partial charge in [-0.1, -0.05) is 0 Å². The van der Waals surface area contributed by atoms with Gasteiger partial charge in [0.2, 0.25) is 0 Å². The molecule has 14 heteroatoms. The number of carboxylic acid groups (broad SMARTS) is 1. The molecule has 0 saturated carbocycles. The number of halogens is 9. The molecule has 1 aliphatic carbocycles. The van der Waals surface area contributed by atoms with Crippen LogP contribution in [0.3, 0.4) is 0 Å². The first-order valence-electron chi connectivity index (χ1n) is 11.2. The molecule has 0 radical (unpaired) electrons. The van der Waals surface area contributed by atoms with Crippen LogP contribution in [0.2, 0.25) is 0 Å². The zero-order chi connectivity index (χ0) is 28.7. The van der Waals surface area contributed by atoms with Gasteiger partial charge in [0.25, 0.3) is 0 Å². The van der Waals surface area contributed by atoms with Crippen molar-refractivity contribution in [2.45, 2.75) is 38.2 Å². The van der Waals surface area contributed by atoms with Gasteiger partial charge in [0.05, 0.1) is 16.7 Å². The van der Waals surface area contributed by atoms with Gasteiger partial charge in [0.15, 0.2) is 5.69 Å². The van der Waals surface area contributed by atoms with Crippen LogP contribution in [-0.2, 0) is 19.0 Å². The predicted molar refractivity (Wildman–Crippen MR) is 120 cm³/mol. The summed E-state index contributed by atoms with van der Waals surface area (Å²) >= 11 is 0. The van der Waals surface area contributed by atoms with Crippen LogP contribution in [0, 0.1) is 17.5 Å². The van der Waals surface area contributed by atoms with E-state index in [-0.39, 0.29) is 71.8 Å². The quantitative estimate of drug-likeness (QED) is 0.326. The van der Waals surface area contributed by atoms with Crippen LogP contribution in [0.5, 0.6) is 5.75 Å². The van der Waals surface area contributed by atoms with Gasteiger partial charge in [-0.2, -0.15) is 26.3 Å². The molecule has 1 N–H and O–H groups in total. The van der Waals surface area contributed by atoms with Crippen LogP contribution in [0.25, 0.3) is 11.1 Å². The number of carboxylic acids is 1. The SMILES string of the molecule is O=C(O)c1cc(C2=C(c3cc(C(F)(F)F)ccc3OCc3c(F)cc(F)cc3F)CCC2)cnc1C(F)(F)F.[H-].[Na+]. The molecule has 1 aliphatic rings. The average molecular weight is 585 g/mol. The van der Waals surface area contributed by atoms with Crippen molar-refractivity contribution in [3.8, 4) is 5.75 Å². The molecule has 0 saturated heterocycles. The summed E-state index contributed by atoms with van der Waals surface area (Å²) in [7, 11) is 0. The fourth-order valence-corrected chi connectivity index (χ4v) is 4.31. The van der Waals surface area contributed by atoms with E-state index in [1.165, 1.54) is 0 Å². The van der Waals surface area contributed by atoms with Crippen LogP contribution < -0.4 is 34.3 Å². The van der Waals surface area contributed by atoms with Gasteiger partial charge < -0.3 is 11.3 Å². The minimum atomic E-state index is -5.06. The number of hydrogen-bond donors (Lipinski definition) is 1. The smallest absolute Gasteiger partial charge is 1.00 e. The maximum Gasteiger partial charge on any atom is 1.00 e. The maximum absolute atomic E-state index is 14.1. The molecule has 3 aromatic rings. The van der Waals surface area contributed by atoms with E-state index >= 15 is 0 Å². The first-order valence-corrected chi connectivity index (χ1v) is 11.2. The number of hydrogen-bond acceptors (Lipinski definition) is 3. The molecule has 1 heterocycles. The van der Waals surface area contributed by atoms with Crippen molar-refractivity contribution in [1.29, 1.82) is 0 Å². The van der Waals surface area contributed by atoms with Gasteiger partial charge in [0.1, 0.15) is 29.8 Å². The molecular weight excluding hydrogens is 568 g/mol. The van der Waals surface area contributed by atoms with Crippen molar-refractivity contribution in [1.82, 2.24) is 4.98 Å². The van der Waals surface area contributed by atoms with Gasteiger partial charge in [-0.25, -0.2) is 18.0 Å². The molecule has 0 fully saturated rings. The van der Waals surface area contributed by atoms with Crippen LogP contribution in [0.15, 0.2) is 42.6 Å². The summed E-state index contributed by atoms with van der Waals surface area (Å²) in [4.78, 5) is 14.8. The molecule has 4 rings (SSSR count). The zero-order valence-electron chi connectivity index (χ0n) is 21.5. The number of nitrogens with zero attached hydrogens (tertiary/aromatic N) is 1. The largest absolute Gasteiger partial charge is 1.00 e. The summed E-state index contributed by atoms with van der Waals surface area (Å²) in [5.74, 6) is -5.88. The molecule has 0 bridgehead atoms. The normalized spacial score (nSPS) is 13.8. The van der Waals surface area contributed by atoms with Gasteiger partial charge in [-0.15, -0.1) is 0 Å². The van der Waals surface area contributed by atoms with Gasteiger partial charge >= 0.3 is 47.9 Å². The number of carbonyl (C=O) groups is 1. The van der Waals surface area contributed by atoms with Crippen LogP contribution in [0.4, 0.5) is 39.5 Å². The molecular formula is C26H17F9NNaO3. The van der Waals surface area contributed by atoms with E-state index < -0.39 is 64.8 Å². The molecule has 40 heavy (non-hydrogen) atoms. The number of rotatable bonds is 6. The third-order valence-electron chi connectivity index (χ3n) is 6.06. The van der Waals surface area contributed by atoms with Crippen molar-refractivity contribution in [2.24, 2.45) is 0 Å². The van der Waals surface area contributed by atoms with Gasteiger partial charge in [-0.05, 0) is 60.2 Å². The minimum Gasteiger partial charge on any atom is -1.00 e. The Hall–Kier alpha value is -3.03. The van der Waals surface area contributed by atoms with Gasteiger partial charge in [-0.3, -0.25) is 4.98 Å². The Morgan fingerprint density at radius 1 is 0.925 bits per heavy atom. The summed E-state index contributed by atoms with van der Waals surface area (Å²) in [5.41, 5.74) is -4.31. The molecule has 0 amide bonds. The molecule has 1 aromatic heterocycles. The molecule has 0 atom stereocenters. The number of pyridine rings is 1. The number of ether oxygens (including phenoxy) is 1. The summed E-state index contributed by atoms with van der Waals surface area (Å²) in [6, 6.07) is 3.89. The number of allylic oxidation sites excluding steroid dienone is 2. The van der Waals surface area contributed by atoms with Gasteiger partial charge in [0, 0.05) is 23.9 Å². The Kier molecular flexibility index (Phi) is 9.32. The molecule has 4 nitrogen and oxygen atoms in total. The summed E-state index contributed by atoms with van der Waals surface area (Å²) < 4.78 is 127. The zero-order valence-corrected chi connectivity index (χ0v) is 22.5.